The molecule has 0 N–H and O–H groups in total. The van der Waals surface area contributed by atoms with Crippen LogP contribution in [0.25, 0.3) is 0 Å². The van der Waals surface area contributed by atoms with Gasteiger partial charge in [-0.25, -0.2) is 0 Å². The lowest BCUT2D eigenvalue weighted by Crippen LogP contribution is -2.41. The zero-order valence-corrected chi connectivity index (χ0v) is 15.9. The number of nitriles is 1. The number of aliphatic imine (C=N–C) groups is 1. The Bertz CT molecular complexity index is 928. The van der Waals surface area contributed by atoms with Gasteiger partial charge in [0.2, 0.25) is 0 Å². The standard InChI is InChI=1S/C22H23N3O2/c1-25-9-8-19-18(13-25)16-10-20(26-2)21(27-3)11-17(16)22(24-19)15-6-4-14(12-23)5-7-15/h4-7,10-11,18-19H,8-9,13H2,1-3H3/t18-,19-/m0/s1. The van der Waals surface area contributed by atoms with Crippen molar-refractivity contribution in [2.75, 3.05) is 34.4 Å². The molecule has 5 nitrogen and oxygen atoms in total. The molecule has 2 aliphatic rings. The maximum absolute atomic E-state index is 9.09. The minimum atomic E-state index is 0.262. The third-order valence-electron chi connectivity index (χ3n) is 5.57. The number of ether oxygens (including phenoxy) is 2. The Kier molecular flexibility index (Phi) is 4.59. The first-order valence-corrected chi connectivity index (χ1v) is 9.17. The van der Waals surface area contributed by atoms with Crippen LogP contribution in [0.2, 0.25) is 0 Å². The van der Waals surface area contributed by atoms with Crippen molar-refractivity contribution in [3.05, 3.63) is 58.7 Å². The number of likely N-dealkylation sites (N-methyl/N-ethyl adjacent to an activating group) is 1. The average Bonchev–Trinajstić information content (AvgIpc) is 2.72. The van der Waals surface area contributed by atoms with Gasteiger partial charge in [0.1, 0.15) is 0 Å². The van der Waals surface area contributed by atoms with E-state index in [1.807, 2.05) is 30.3 Å². The van der Waals surface area contributed by atoms with Crippen LogP contribution in [-0.4, -0.2) is 51.0 Å². The SMILES string of the molecule is COc1cc2c(cc1OC)[C@@H]1CN(C)CC[C@@H]1N=C2c1ccc(C#N)cc1. The molecule has 0 bridgehead atoms. The van der Waals surface area contributed by atoms with Crippen LogP contribution >= 0.6 is 0 Å². The highest BCUT2D eigenvalue weighted by atomic mass is 16.5. The predicted octanol–water partition coefficient (Wildman–Crippen LogP) is 3.21. The molecule has 1 fully saturated rings. The van der Waals surface area contributed by atoms with Crippen molar-refractivity contribution in [2.24, 2.45) is 4.99 Å². The van der Waals surface area contributed by atoms with E-state index in [9.17, 15) is 0 Å². The summed E-state index contributed by atoms with van der Waals surface area (Å²) in [6.45, 7) is 2.03. The van der Waals surface area contributed by atoms with Gasteiger partial charge in [0.25, 0.3) is 0 Å². The summed E-state index contributed by atoms with van der Waals surface area (Å²) in [5.41, 5.74) is 5.01. The highest BCUT2D eigenvalue weighted by Crippen LogP contribution is 2.42. The van der Waals surface area contributed by atoms with Gasteiger partial charge in [0, 0.05) is 23.6 Å². The van der Waals surface area contributed by atoms with Crippen molar-refractivity contribution >= 4 is 5.71 Å². The van der Waals surface area contributed by atoms with Gasteiger partial charge >= 0.3 is 0 Å². The summed E-state index contributed by atoms with van der Waals surface area (Å²) >= 11 is 0. The fraction of sp³-hybridized carbons (Fsp3) is 0.364. The first kappa shape index (κ1) is 17.6. The first-order chi connectivity index (χ1) is 13.1. The van der Waals surface area contributed by atoms with E-state index >= 15 is 0 Å². The van der Waals surface area contributed by atoms with Gasteiger partial charge < -0.3 is 14.4 Å². The van der Waals surface area contributed by atoms with Crippen LogP contribution in [0.3, 0.4) is 0 Å². The topological polar surface area (TPSA) is 57.9 Å². The number of nitrogens with zero attached hydrogens (tertiary/aromatic N) is 3. The lowest BCUT2D eigenvalue weighted by Gasteiger charge is -2.39. The highest BCUT2D eigenvalue weighted by Gasteiger charge is 2.36. The molecule has 27 heavy (non-hydrogen) atoms. The molecule has 0 amide bonds. The summed E-state index contributed by atoms with van der Waals surface area (Å²) in [6.07, 6.45) is 1.04. The van der Waals surface area contributed by atoms with Gasteiger partial charge in [-0.2, -0.15) is 5.26 Å². The summed E-state index contributed by atoms with van der Waals surface area (Å²) in [4.78, 5) is 7.51. The van der Waals surface area contributed by atoms with Crippen LogP contribution in [0.5, 0.6) is 11.5 Å². The summed E-state index contributed by atoms with van der Waals surface area (Å²) in [7, 11) is 5.49. The molecule has 2 atom stereocenters. The maximum atomic E-state index is 9.09. The smallest absolute Gasteiger partial charge is 0.161 e. The minimum absolute atomic E-state index is 0.262. The van der Waals surface area contributed by atoms with Gasteiger partial charge in [-0.1, -0.05) is 12.1 Å². The Hall–Kier alpha value is -2.84. The Morgan fingerprint density at radius 2 is 1.81 bits per heavy atom. The molecule has 0 saturated carbocycles. The van der Waals surface area contributed by atoms with Crippen LogP contribution in [0.15, 0.2) is 41.4 Å². The summed E-state index contributed by atoms with van der Waals surface area (Å²) in [6, 6.07) is 14.2. The molecule has 0 spiro atoms. The zero-order valence-electron chi connectivity index (χ0n) is 15.9. The second-order valence-electron chi connectivity index (χ2n) is 7.19. The van der Waals surface area contributed by atoms with Gasteiger partial charge in [-0.3, -0.25) is 4.99 Å². The van der Waals surface area contributed by atoms with Crippen molar-refractivity contribution in [1.82, 2.24) is 4.90 Å². The molecule has 0 unspecified atom stereocenters. The molecule has 0 aliphatic carbocycles. The van der Waals surface area contributed by atoms with Crippen LogP contribution in [0.4, 0.5) is 0 Å². The summed E-state index contributed by atoms with van der Waals surface area (Å²) in [5.74, 6) is 1.81. The van der Waals surface area contributed by atoms with Crippen LogP contribution < -0.4 is 9.47 Å². The first-order valence-electron chi connectivity index (χ1n) is 9.17. The van der Waals surface area contributed by atoms with E-state index < -0.39 is 0 Å². The summed E-state index contributed by atoms with van der Waals surface area (Å²) < 4.78 is 11.1. The summed E-state index contributed by atoms with van der Waals surface area (Å²) in [5, 5.41) is 9.09. The van der Waals surface area contributed by atoms with Crippen molar-refractivity contribution in [2.45, 2.75) is 18.4 Å². The second kappa shape index (κ2) is 7.05. The van der Waals surface area contributed by atoms with Crippen LogP contribution in [0, 0.1) is 11.3 Å². The van der Waals surface area contributed by atoms with Crippen LogP contribution in [0.1, 0.15) is 34.6 Å². The number of benzene rings is 2. The predicted molar refractivity (Wildman–Crippen MR) is 105 cm³/mol. The number of methoxy groups -OCH3 is 2. The van der Waals surface area contributed by atoms with Gasteiger partial charge in [0.05, 0.1) is 37.6 Å². The quantitative estimate of drug-likeness (QED) is 0.842. The Labute approximate surface area is 159 Å². The second-order valence-corrected chi connectivity index (χ2v) is 7.19. The Balaban J connectivity index is 1.88. The number of rotatable bonds is 3. The van der Waals surface area contributed by atoms with Crippen molar-refractivity contribution in [1.29, 1.82) is 5.26 Å². The maximum Gasteiger partial charge on any atom is 0.161 e. The van der Waals surface area contributed by atoms with E-state index in [2.05, 4.69) is 24.1 Å². The fourth-order valence-electron chi connectivity index (χ4n) is 4.14. The van der Waals surface area contributed by atoms with Crippen molar-refractivity contribution < 1.29 is 9.47 Å². The van der Waals surface area contributed by atoms with Crippen LogP contribution in [-0.2, 0) is 0 Å². The molecule has 138 valence electrons. The van der Waals surface area contributed by atoms with Crippen molar-refractivity contribution in [3.63, 3.8) is 0 Å². The number of likely N-dealkylation sites (tertiary alicyclic amines) is 1. The number of piperidine rings is 1. The molecule has 2 aromatic carbocycles. The van der Waals surface area contributed by atoms with Gasteiger partial charge in [0.15, 0.2) is 11.5 Å². The molecule has 2 aliphatic heterocycles. The number of fused-ring (bicyclic) bond motifs is 3. The number of hydrogen-bond donors (Lipinski definition) is 0. The van der Waals surface area contributed by atoms with E-state index in [4.69, 9.17) is 19.7 Å². The minimum Gasteiger partial charge on any atom is -0.493 e. The molecule has 5 heteroatoms. The highest BCUT2D eigenvalue weighted by molar-refractivity contribution is 6.15. The van der Waals surface area contributed by atoms with Gasteiger partial charge in [-0.05, 0) is 49.8 Å². The number of hydrogen-bond acceptors (Lipinski definition) is 5. The Morgan fingerprint density at radius 3 is 2.48 bits per heavy atom. The van der Waals surface area contributed by atoms with Crippen molar-refractivity contribution in [3.8, 4) is 17.6 Å². The third-order valence-corrected chi connectivity index (χ3v) is 5.57. The van der Waals surface area contributed by atoms with E-state index in [0.29, 0.717) is 17.2 Å². The molecule has 1 saturated heterocycles. The normalized spacial score (nSPS) is 21.5. The lowest BCUT2D eigenvalue weighted by molar-refractivity contribution is 0.227. The van der Waals surface area contributed by atoms with E-state index in [1.54, 1.807) is 14.2 Å². The largest absolute Gasteiger partial charge is 0.493 e. The molecule has 4 rings (SSSR count). The molecular formula is C22H23N3O2. The fourth-order valence-corrected chi connectivity index (χ4v) is 4.14. The zero-order chi connectivity index (χ0) is 19.0. The Morgan fingerprint density at radius 1 is 1.11 bits per heavy atom. The average molecular weight is 361 g/mol. The molecule has 0 radical (unpaired) electrons. The van der Waals surface area contributed by atoms with E-state index in [0.717, 1.165) is 42.1 Å². The van der Waals surface area contributed by atoms with Gasteiger partial charge in [-0.15, -0.1) is 0 Å². The molecular weight excluding hydrogens is 338 g/mol. The molecule has 2 aromatic rings. The van der Waals surface area contributed by atoms with E-state index in [-0.39, 0.29) is 6.04 Å². The lowest BCUT2D eigenvalue weighted by atomic mass is 9.79. The molecule has 2 heterocycles. The molecule has 0 aromatic heterocycles. The van der Waals surface area contributed by atoms with E-state index in [1.165, 1.54) is 5.56 Å². The monoisotopic (exact) mass is 361 g/mol. The third kappa shape index (κ3) is 3.07.